The van der Waals surface area contributed by atoms with Crippen LogP contribution in [0.15, 0.2) is 24.3 Å². The predicted octanol–water partition coefficient (Wildman–Crippen LogP) is 2.01. The van der Waals surface area contributed by atoms with Crippen molar-refractivity contribution in [2.75, 3.05) is 20.3 Å². The van der Waals surface area contributed by atoms with Crippen molar-refractivity contribution in [3.8, 4) is 11.5 Å². The molecule has 2 heterocycles. The molecular weight excluding hydrogens is 318 g/mol. The van der Waals surface area contributed by atoms with Crippen LogP contribution in [-0.4, -0.2) is 36.1 Å². The van der Waals surface area contributed by atoms with Crippen molar-refractivity contribution in [2.45, 2.75) is 26.7 Å². The number of nitrogens with zero attached hydrogens (tertiary/aromatic N) is 2. The maximum absolute atomic E-state index is 12.4. The number of nitrogens with one attached hydrogen (secondary N) is 1. The van der Waals surface area contributed by atoms with Gasteiger partial charge in [0.1, 0.15) is 23.9 Å². The van der Waals surface area contributed by atoms with Gasteiger partial charge in [0.25, 0.3) is 0 Å². The molecule has 6 heteroatoms. The largest absolute Gasteiger partial charge is 0.497 e. The Morgan fingerprint density at radius 2 is 2.04 bits per heavy atom. The molecule has 6 nitrogen and oxygen atoms in total. The summed E-state index contributed by atoms with van der Waals surface area (Å²) in [7, 11) is 1.63. The molecule has 0 aliphatic carbocycles. The summed E-state index contributed by atoms with van der Waals surface area (Å²) in [5.41, 5.74) is 2.92. The minimum Gasteiger partial charge on any atom is -0.497 e. The zero-order valence-corrected chi connectivity index (χ0v) is 14.8. The summed E-state index contributed by atoms with van der Waals surface area (Å²) in [6.45, 7) is 4.80. The summed E-state index contributed by atoms with van der Waals surface area (Å²) >= 11 is 0. The molecule has 1 aliphatic rings. The fourth-order valence-electron chi connectivity index (χ4n) is 3.00. The number of benzene rings is 1. The Bertz CT molecular complexity index is 756. The van der Waals surface area contributed by atoms with Gasteiger partial charge in [-0.15, -0.1) is 0 Å². The first-order chi connectivity index (χ1) is 12.0. The van der Waals surface area contributed by atoms with Gasteiger partial charge in [0, 0.05) is 30.4 Å². The van der Waals surface area contributed by atoms with E-state index in [1.165, 1.54) is 0 Å². The number of carbonyl (C=O) groups excluding carboxylic acids is 1. The highest BCUT2D eigenvalue weighted by Crippen LogP contribution is 2.31. The van der Waals surface area contributed by atoms with Gasteiger partial charge in [0.05, 0.1) is 13.0 Å². The van der Waals surface area contributed by atoms with Gasteiger partial charge in [-0.25, -0.2) is 9.97 Å². The molecule has 0 fully saturated rings. The van der Waals surface area contributed by atoms with Crippen LogP contribution < -0.4 is 14.8 Å². The summed E-state index contributed by atoms with van der Waals surface area (Å²) < 4.78 is 10.9. The Balaban J connectivity index is 1.53. The third-order valence-corrected chi connectivity index (χ3v) is 4.23. The van der Waals surface area contributed by atoms with E-state index in [4.69, 9.17) is 9.47 Å². The Morgan fingerprint density at radius 3 is 2.76 bits per heavy atom. The number of ether oxygens (including phenoxy) is 2. The number of carbonyl (C=O) groups is 1. The number of aromatic nitrogens is 2. The van der Waals surface area contributed by atoms with Crippen molar-refractivity contribution in [3.63, 3.8) is 0 Å². The zero-order valence-electron chi connectivity index (χ0n) is 14.8. The Hall–Kier alpha value is -2.63. The topological polar surface area (TPSA) is 73.3 Å². The summed E-state index contributed by atoms with van der Waals surface area (Å²) in [4.78, 5) is 21.2. The Labute approximate surface area is 147 Å². The number of rotatable bonds is 5. The molecule has 0 unspecified atom stereocenters. The summed E-state index contributed by atoms with van der Waals surface area (Å²) in [6, 6.07) is 7.64. The van der Waals surface area contributed by atoms with E-state index in [1.54, 1.807) is 7.11 Å². The molecule has 0 bridgehead atoms. The quantitative estimate of drug-likeness (QED) is 0.901. The molecule has 3 rings (SSSR count). The van der Waals surface area contributed by atoms with E-state index >= 15 is 0 Å². The smallest absolute Gasteiger partial charge is 0.226 e. The van der Waals surface area contributed by atoms with Gasteiger partial charge in [-0.2, -0.15) is 0 Å². The van der Waals surface area contributed by atoms with Crippen molar-refractivity contribution >= 4 is 5.91 Å². The van der Waals surface area contributed by atoms with Crippen molar-refractivity contribution in [1.82, 2.24) is 15.3 Å². The van der Waals surface area contributed by atoms with E-state index in [9.17, 15) is 4.79 Å². The molecule has 0 saturated heterocycles. The van der Waals surface area contributed by atoms with Crippen LogP contribution in [0, 0.1) is 19.8 Å². The maximum Gasteiger partial charge on any atom is 0.226 e. The van der Waals surface area contributed by atoms with Crippen molar-refractivity contribution < 1.29 is 14.3 Å². The molecule has 1 aliphatic heterocycles. The van der Waals surface area contributed by atoms with E-state index in [1.807, 2.05) is 38.1 Å². The molecule has 25 heavy (non-hydrogen) atoms. The molecule has 0 spiro atoms. The van der Waals surface area contributed by atoms with Crippen LogP contribution in [0.5, 0.6) is 11.5 Å². The van der Waals surface area contributed by atoms with E-state index in [0.717, 1.165) is 34.3 Å². The fourth-order valence-corrected chi connectivity index (χ4v) is 3.00. The van der Waals surface area contributed by atoms with Crippen molar-refractivity contribution in [3.05, 3.63) is 47.0 Å². The van der Waals surface area contributed by atoms with Crippen LogP contribution >= 0.6 is 0 Å². The first-order valence-electron chi connectivity index (χ1n) is 8.43. The van der Waals surface area contributed by atoms with E-state index in [2.05, 4.69) is 15.3 Å². The highest BCUT2D eigenvalue weighted by Gasteiger charge is 2.26. The standard InChI is InChI=1S/C19H23N3O3/c1-12-8-13(2)22-18(21-12)6-7-20-19(23)15-9-14-4-5-16(24-3)10-17(14)25-11-15/h4-5,8,10,15H,6-7,9,11H2,1-3H3,(H,20,23)/t15-/m0/s1. The van der Waals surface area contributed by atoms with Crippen LogP contribution in [0.25, 0.3) is 0 Å². The monoisotopic (exact) mass is 341 g/mol. The summed E-state index contributed by atoms with van der Waals surface area (Å²) in [5, 5.41) is 2.97. The normalized spacial score (nSPS) is 15.9. The van der Waals surface area contributed by atoms with Gasteiger partial charge in [-0.05, 0) is 38.0 Å². The lowest BCUT2D eigenvalue weighted by Gasteiger charge is -2.25. The number of amides is 1. The Morgan fingerprint density at radius 1 is 1.28 bits per heavy atom. The summed E-state index contributed by atoms with van der Waals surface area (Å²) in [6.07, 6.45) is 1.29. The lowest BCUT2D eigenvalue weighted by molar-refractivity contribution is -0.126. The molecule has 1 atom stereocenters. The number of fused-ring (bicyclic) bond motifs is 1. The first-order valence-corrected chi connectivity index (χ1v) is 8.43. The molecule has 1 aromatic carbocycles. The number of hydrogen-bond acceptors (Lipinski definition) is 5. The van der Waals surface area contributed by atoms with Crippen LogP contribution in [0.3, 0.4) is 0 Å². The van der Waals surface area contributed by atoms with Gasteiger partial charge in [0.2, 0.25) is 5.91 Å². The summed E-state index contributed by atoms with van der Waals surface area (Å²) in [5.74, 6) is 2.14. The van der Waals surface area contributed by atoms with Gasteiger partial charge < -0.3 is 14.8 Å². The second-order valence-corrected chi connectivity index (χ2v) is 6.29. The Kier molecular flexibility index (Phi) is 5.16. The van der Waals surface area contributed by atoms with Crippen molar-refractivity contribution in [1.29, 1.82) is 0 Å². The third kappa shape index (κ3) is 4.26. The average molecular weight is 341 g/mol. The second kappa shape index (κ2) is 7.51. The van der Waals surface area contributed by atoms with E-state index in [-0.39, 0.29) is 11.8 Å². The van der Waals surface area contributed by atoms with E-state index in [0.29, 0.717) is 26.0 Å². The van der Waals surface area contributed by atoms with Gasteiger partial charge in [0.15, 0.2) is 0 Å². The molecule has 1 N–H and O–H groups in total. The molecule has 2 aromatic rings. The minimum atomic E-state index is -0.180. The molecular formula is C19H23N3O3. The highest BCUT2D eigenvalue weighted by molar-refractivity contribution is 5.79. The molecule has 1 amide bonds. The lowest BCUT2D eigenvalue weighted by Crippen LogP contribution is -2.38. The number of hydrogen-bond donors (Lipinski definition) is 1. The van der Waals surface area contributed by atoms with Crippen LogP contribution in [-0.2, 0) is 17.6 Å². The number of methoxy groups -OCH3 is 1. The molecule has 0 saturated carbocycles. The van der Waals surface area contributed by atoms with Crippen LogP contribution in [0.4, 0.5) is 0 Å². The van der Waals surface area contributed by atoms with E-state index < -0.39 is 0 Å². The molecule has 1 aromatic heterocycles. The van der Waals surface area contributed by atoms with Gasteiger partial charge >= 0.3 is 0 Å². The van der Waals surface area contributed by atoms with Crippen LogP contribution in [0.1, 0.15) is 22.8 Å². The SMILES string of the molecule is COc1ccc2c(c1)OC[C@@H](C(=O)NCCc1nc(C)cc(C)n1)C2. The van der Waals surface area contributed by atoms with Crippen molar-refractivity contribution in [2.24, 2.45) is 5.92 Å². The highest BCUT2D eigenvalue weighted by atomic mass is 16.5. The average Bonchev–Trinajstić information content (AvgIpc) is 2.59. The molecule has 132 valence electrons. The predicted molar refractivity (Wildman–Crippen MR) is 93.9 cm³/mol. The lowest BCUT2D eigenvalue weighted by atomic mass is 9.96. The number of aryl methyl sites for hydroxylation is 2. The minimum absolute atomic E-state index is 0.00541. The maximum atomic E-state index is 12.4. The van der Waals surface area contributed by atoms with Gasteiger partial charge in [-0.1, -0.05) is 6.07 Å². The zero-order chi connectivity index (χ0) is 17.8. The first kappa shape index (κ1) is 17.2. The third-order valence-electron chi connectivity index (χ3n) is 4.23. The molecule has 0 radical (unpaired) electrons. The van der Waals surface area contributed by atoms with Crippen LogP contribution in [0.2, 0.25) is 0 Å². The fraction of sp³-hybridized carbons (Fsp3) is 0.421. The van der Waals surface area contributed by atoms with Gasteiger partial charge in [-0.3, -0.25) is 4.79 Å². The second-order valence-electron chi connectivity index (χ2n) is 6.29.